The van der Waals surface area contributed by atoms with Gasteiger partial charge in [0.1, 0.15) is 5.82 Å². The van der Waals surface area contributed by atoms with E-state index in [1.807, 2.05) is 0 Å². The molecule has 0 bridgehead atoms. The molecule has 5 N–H and O–H groups in total. The van der Waals surface area contributed by atoms with Crippen LogP contribution in [0.2, 0.25) is 0 Å². The maximum atomic E-state index is 5.73. The minimum absolute atomic E-state index is 0.521. The third-order valence-electron chi connectivity index (χ3n) is 3.36. The van der Waals surface area contributed by atoms with Gasteiger partial charge in [-0.05, 0) is 49.2 Å². The Kier molecular flexibility index (Phi) is 6.40. The van der Waals surface area contributed by atoms with Crippen LogP contribution in [0.4, 0.5) is 5.82 Å². The number of rotatable bonds is 9. The van der Waals surface area contributed by atoms with Crippen molar-refractivity contribution in [3.8, 4) is 5.88 Å². The van der Waals surface area contributed by atoms with Gasteiger partial charge in [-0.2, -0.15) is 4.98 Å². The van der Waals surface area contributed by atoms with Crippen molar-refractivity contribution in [2.45, 2.75) is 19.3 Å². The van der Waals surface area contributed by atoms with Gasteiger partial charge in [-0.3, -0.25) is 4.99 Å². The largest absolute Gasteiger partial charge is 0.477 e. The van der Waals surface area contributed by atoms with Crippen molar-refractivity contribution >= 4 is 18.1 Å². The summed E-state index contributed by atoms with van der Waals surface area (Å²) in [5.41, 5.74) is 11.9. The molecule has 0 atom stereocenters. The lowest BCUT2D eigenvalue weighted by Gasteiger charge is -2.10. The van der Waals surface area contributed by atoms with Gasteiger partial charge in [0.2, 0.25) is 5.88 Å². The molecule has 1 heterocycles. The quantitative estimate of drug-likeness (QED) is 0.596. The first kappa shape index (κ1) is 16.8. The Bertz CT molecular complexity index is 592. The van der Waals surface area contributed by atoms with E-state index >= 15 is 0 Å². The summed E-state index contributed by atoms with van der Waals surface area (Å²) in [6.45, 7) is 1.38. The lowest BCUT2D eigenvalue weighted by molar-refractivity contribution is 0.288. The Morgan fingerprint density at radius 3 is 2.91 bits per heavy atom. The van der Waals surface area contributed by atoms with Crippen molar-refractivity contribution in [2.24, 2.45) is 22.4 Å². The first-order valence-corrected chi connectivity index (χ1v) is 7.72. The van der Waals surface area contributed by atoms with Crippen molar-refractivity contribution < 1.29 is 4.74 Å². The van der Waals surface area contributed by atoms with E-state index in [4.69, 9.17) is 16.2 Å². The van der Waals surface area contributed by atoms with E-state index < -0.39 is 0 Å². The summed E-state index contributed by atoms with van der Waals surface area (Å²) in [5, 5.41) is 3.25. The highest BCUT2D eigenvalue weighted by Gasteiger charge is 2.22. The zero-order chi connectivity index (χ0) is 16.5. The molecule has 0 saturated heterocycles. The molecule has 0 aliphatic heterocycles. The summed E-state index contributed by atoms with van der Waals surface area (Å²) >= 11 is 0. The van der Waals surface area contributed by atoms with Crippen molar-refractivity contribution in [1.82, 2.24) is 9.97 Å². The number of nitrogens with two attached hydrogens (primary N) is 2. The van der Waals surface area contributed by atoms with Crippen LogP contribution in [-0.2, 0) is 0 Å². The highest BCUT2D eigenvalue weighted by Crippen LogP contribution is 2.29. The van der Waals surface area contributed by atoms with Gasteiger partial charge in [0, 0.05) is 25.9 Å². The number of nitrogens with zero attached hydrogens (tertiary/aromatic N) is 3. The molecule has 1 fully saturated rings. The van der Waals surface area contributed by atoms with Crippen LogP contribution in [0.3, 0.4) is 0 Å². The van der Waals surface area contributed by atoms with E-state index in [0.29, 0.717) is 36.6 Å². The van der Waals surface area contributed by atoms with Gasteiger partial charge in [0.05, 0.1) is 6.61 Å². The predicted octanol–water partition coefficient (Wildman–Crippen LogP) is 1.54. The normalized spacial score (nSPS) is 15.4. The number of ether oxygens (including phenoxy) is 1. The molecular formula is C16H24N6O. The second-order valence-corrected chi connectivity index (χ2v) is 5.37. The number of nitrogens with one attached hydrogen (secondary N) is 1. The Morgan fingerprint density at radius 1 is 1.43 bits per heavy atom. The molecule has 1 aromatic heterocycles. The lowest BCUT2D eigenvalue weighted by Crippen LogP contribution is -2.09. The average Bonchev–Trinajstić information content (AvgIpc) is 3.37. The summed E-state index contributed by atoms with van der Waals surface area (Å²) in [4.78, 5) is 12.7. The molecule has 0 radical (unpaired) electrons. The third kappa shape index (κ3) is 5.98. The molecule has 1 aromatic rings. The van der Waals surface area contributed by atoms with Crippen LogP contribution in [0.15, 0.2) is 29.0 Å². The summed E-state index contributed by atoms with van der Waals surface area (Å²) in [7, 11) is 1.72. The molecule has 23 heavy (non-hydrogen) atoms. The molecule has 0 unspecified atom stereocenters. The van der Waals surface area contributed by atoms with Gasteiger partial charge in [-0.15, -0.1) is 0 Å². The third-order valence-corrected chi connectivity index (χ3v) is 3.36. The van der Waals surface area contributed by atoms with Crippen LogP contribution in [-0.4, -0.2) is 36.4 Å². The summed E-state index contributed by atoms with van der Waals surface area (Å²) in [5.74, 6) is 2.45. The average molecular weight is 316 g/mol. The summed E-state index contributed by atoms with van der Waals surface area (Å²) in [6.07, 6.45) is 9.58. The number of hydrogen-bond donors (Lipinski definition) is 3. The van der Waals surface area contributed by atoms with Gasteiger partial charge in [-0.25, -0.2) is 4.98 Å². The maximum absolute atomic E-state index is 5.73. The number of aromatic nitrogens is 2. The smallest absolute Gasteiger partial charge is 0.219 e. The van der Waals surface area contributed by atoms with Gasteiger partial charge in [0.25, 0.3) is 0 Å². The van der Waals surface area contributed by atoms with Gasteiger partial charge >= 0.3 is 0 Å². The molecule has 124 valence electrons. The Balaban J connectivity index is 1.97. The monoisotopic (exact) mass is 316 g/mol. The van der Waals surface area contributed by atoms with E-state index in [2.05, 4.69) is 20.3 Å². The molecule has 2 rings (SSSR count). The van der Waals surface area contributed by atoms with Crippen LogP contribution < -0.4 is 21.5 Å². The molecule has 0 aromatic carbocycles. The Morgan fingerprint density at radius 2 is 2.26 bits per heavy atom. The van der Waals surface area contributed by atoms with Crippen LogP contribution >= 0.6 is 0 Å². The minimum atomic E-state index is 0.521. The fourth-order valence-electron chi connectivity index (χ4n) is 1.95. The van der Waals surface area contributed by atoms with E-state index in [9.17, 15) is 0 Å². The number of hydrogen-bond acceptors (Lipinski definition) is 7. The number of aliphatic imine (C=N–C) groups is 1. The Hall–Kier alpha value is -2.57. The van der Waals surface area contributed by atoms with E-state index in [1.54, 1.807) is 31.6 Å². The van der Waals surface area contributed by atoms with Crippen LogP contribution in [0, 0.1) is 5.92 Å². The summed E-state index contributed by atoms with van der Waals surface area (Å²) in [6, 6.07) is 1.80. The van der Waals surface area contributed by atoms with E-state index in [0.717, 1.165) is 12.0 Å². The molecule has 1 aliphatic carbocycles. The number of anilines is 1. The van der Waals surface area contributed by atoms with Crippen LogP contribution in [0.5, 0.6) is 5.88 Å². The van der Waals surface area contributed by atoms with Gasteiger partial charge in [0.15, 0.2) is 5.82 Å². The summed E-state index contributed by atoms with van der Waals surface area (Å²) < 4.78 is 5.73. The van der Waals surface area contributed by atoms with Gasteiger partial charge < -0.3 is 21.5 Å². The molecule has 7 heteroatoms. The van der Waals surface area contributed by atoms with Crippen molar-refractivity contribution in [3.05, 3.63) is 29.9 Å². The molecule has 7 nitrogen and oxygen atoms in total. The van der Waals surface area contributed by atoms with Crippen LogP contribution in [0.1, 0.15) is 25.1 Å². The molecular weight excluding hydrogens is 292 g/mol. The van der Waals surface area contributed by atoms with Crippen molar-refractivity contribution in [1.29, 1.82) is 0 Å². The highest BCUT2D eigenvalue weighted by atomic mass is 16.5. The van der Waals surface area contributed by atoms with E-state index in [1.165, 1.54) is 19.0 Å². The zero-order valence-electron chi connectivity index (χ0n) is 13.4. The second kappa shape index (κ2) is 8.77. The standard InChI is InChI=1S/C16H24N6O/c1-19-10-13(9-18)5-7-20-15-8-16(23-11-12-2-3-12)22-14(21-15)4-6-17/h4,6,8-10,12H,2-3,5,7,11,17-18H2,1H3,(H,20,21,22). The fraction of sp³-hybridized carbons (Fsp3) is 0.438. The maximum Gasteiger partial charge on any atom is 0.219 e. The molecule has 0 spiro atoms. The molecule has 0 amide bonds. The zero-order valence-corrected chi connectivity index (χ0v) is 13.4. The van der Waals surface area contributed by atoms with Gasteiger partial charge in [-0.1, -0.05) is 0 Å². The lowest BCUT2D eigenvalue weighted by atomic mass is 10.2. The topological polar surface area (TPSA) is 111 Å². The predicted molar refractivity (Wildman–Crippen MR) is 93.3 cm³/mol. The van der Waals surface area contributed by atoms with Crippen molar-refractivity contribution in [3.63, 3.8) is 0 Å². The first-order valence-electron chi connectivity index (χ1n) is 7.72. The van der Waals surface area contributed by atoms with E-state index in [-0.39, 0.29) is 0 Å². The Labute approximate surface area is 136 Å². The van der Waals surface area contributed by atoms with Crippen LogP contribution in [0.25, 0.3) is 6.08 Å². The highest BCUT2D eigenvalue weighted by molar-refractivity contribution is 5.78. The SMILES string of the molecule is CN=CC(=CN)CCNc1cc(OCC2CC2)nc(C=CN)n1. The fourth-order valence-corrected chi connectivity index (χ4v) is 1.95. The first-order chi connectivity index (χ1) is 11.2. The second-order valence-electron chi connectivity index (χ2n) is 5.37. The molecule has 1 saturated carbocycles. The van der Waals surface area contributed by atoms with Crippen molar-refractivity contribution in [2.75, 3.05) is 25.5 Å². The minimum Gasteiger partial charge on any atom is -0.477 e. The molecule has 1 aliphatic rings.